The van der Waals surface area contributed by atoms with E-state index in [4.69, 9.17) is 15.2 Å². The number of hydrogen-bond acceptors (Lipinski definition) is 6. The lowest BCUT2D eigenvalue weighted by Gasteiger charge is -2.10. The molecule has 7 nitrogen and oxygen atoms in total. The van der Waals surface area contributed by atoms with Crippen LogP contribution in [0.1, 0.15) is 33.2 Å². The Morgan fingerprint density at radius 3 is 2.53 bits per heavy atom. The number of hydrogen-bond donors (Lipinski definition) is 2. The number of anilines is 1. The summed E-state index contributed by atoms with van der Waals surface area (Å²) in [6, 6.07) is 21.5. The van der Waals surface area contributed by atoms with Crippen molar-refractivity contribution >= 4 is 28.3 Å². The number of carbonyl (C=O) groups is 2. The third-order valence-corrected chi connectivity index (χ3v) is 5.68. The summed E-state index contributed by atoms with van der Waals surface area (Å²) in [7, 11) is 0. The van der Waals surface area contributed by atoms with Crippen molar-refractivity contribution < 1.29 is 19.1 Å². The van der Waals surface area contributed by atoms with E-state index in [-0.39, 0.29) is 12.5 Å². The molecule has 0 saturated heterocycles. The highest BCUT2D eigenvalue weighted by atomic mass is 32.1. The summed E-state index contributed by atoms with van der Waals surface area (Å²) in [6.45, 7) is 2.67. The molecule has 34 heavy (non-hydrogen) atoms. The highest BCUT2D eigenvalue weighted by Crippen LogP contribution is 2.32. The van der Waals surface area contributed by atoms with Gasteiger partial charge in [-0.1, -0.05) is 36.4 Å². The lowest BCUT2D eigenvalue weighted by molar-refractivity contribution is 0.0994. The number of primary amides is 1. The van der Waals surface area contributed by atoms with Crippen LogP contribution in [0.4, 0.5) is 5.13 Å². The van der Waals surface area contributed by atoms with Gasteiger partial charge < -0.3 is 15.2 Å². The van der Waals surface area contributed by atoms with Crippen molar-refractivity contribution in [1.29, 1.82) is 0 Å². The molecule has 4 rings (SSSR count). The first kappa shape index (κ1) is 23.0. The minimum atomic E-state index is -0.560. The highest BCUT2D eigenvalue weighted by molar-refractivity contribution is 7.14. The van der Waals surface area contributed by atoms with Gasteiger partial charge >= 0.3 is 0 Å². The van der Waals surface area contributed by atoms with E-state index in [0.29, 0.717) is 28.6 Å². The largest absolute Gasteiger partial charge is 0.493 e. The minimum Gasteiger partial charge on any atom is -0.493 e. The molecule has 0 spiro atoms. The molecular formula is C26H23N3O4S. The number of nitrogens with one attached hydrogen (secondary N) is 1. The standard InChI is InChI=1S/C26H23N3O4S/c1-2-32-22-12-5-3-10-19(22)21-16-34-26(28-21)29-25(31)18-9-7-8-17(14-18)15-33-23-13-6-4-11-20(23)24(27)30/h3-14,16H,2,15H2,1H3,(H2,27,30)(H,28,29,31). The summed E-state index contributed by atoms with van der Waals surface area (Å²) in [5.41, 5.74) is 8.56. The molecule has 0 unspecified atom stereocenters. The smallest absolute Gasteiger partial charge is 0.257 e. The van der Waals surface area contributed by atoms with Crippen LogP contribution in [0.15, 0.2) is 78.2 Å². The fourth-order valence-electron chi connectivity index (χ4n) is 3.34. The van der Waals surface area contributed by atoms with E-state index in [2.05, 4.69) is 10.3 Å². The molecule has 2 amide bonds. The Hall–Kier alpha value is -4.17. The Morgan fingerprint density at radius 1 is 0.971 bits per heavy atom. The zero-order valence-electron chi connectivity index (χ0n) is 18.5. The zero-order chi connectivity index (χ0) is 23.9. The van der Waals surface area contributed by atoms with Gasteiger partial charge in [-0.3, -0.25) is 14.9 Å². The Labute approximate surface area is 201 Å². The Balaban J connectivity index is 1.44. The predicted octanol–water partition coefficient (Wildman–Crippen LogP) is 5.14. The van der Waals surface area contributed by atoms with Gasteiger partial charge in [0.15, 0.2) is 5.13 Å². The predicted molar refractivity (Wildman–Crippen MR) is 132 cm³/mol. The van der Waals surface area contributed by atoms with Crippen molar-refractivity contribution in [1.82, 2.24) is 4.98 Å². The normalized spacial score (nSPS) is 10.5. The van der Waals surface area contributed by atoms with Crippen molar-refractivity contribution in [2.45, 2.75) is 13.5 Å². The lowest BCUT2D eigenvalue weighted by Crippen LogP contribution is -2.13. The van der Waals surface area contributed by atoms with Gasteiger partial charge in [-0.15, -0.1) is 11.3 Å². The molecule has 0 saturated carbocycles. The topological polar surface area (TPSA) is 104 Å². The van der Waals surface area contributed by atoms with E-state index in [1.165, 1.54) is 11.3 Å². The summed E-state index contributed by atoms with van der Waals surface area (Å²) in [5, 5.41) is 5.22. The maximum atomic E-state index is 12.8. The van der Waals surface area contributed by atoms with Crippen LogP contribution >= 0.6 is 11.3 Å². The number of ether oxygens (including phenoxy) is 2. The van der Waals surface area contributed by atoms with Crippen LogP contribution in [0.3, 0.4) is 0 Å². The van der Waals surface area contributed by atoms with Crippen molar-refractivity contribution in [3.05, 3.63) is 94.9 Å². The molecule has 0 aliphatic carbocycles. The van der Waals surface area contributed by atoms with Crippen LogP contribution < -0.4 is 20.5 Å². The fraction of sp³-hybridized carbons (Fsp3) is 0.115. The van der Waals surface area contributed by atoms with Crippen LogP contribution in [0, 0.1) is 0 Å². The number of nitrogens with zero attached hydrogens (tertiary/aromatic N) is 1. The molecule has 0 aliphatic heterocycles. The first-order valence-corrected chi connectivity index (χ1v) is 11.5. The summed E-state index contributed by atoms with van der Waals surface area (Å²) in [4.78, 5) is 29.0. The molecule has 1 aromatic heterocycles. The third kappa shape index (κ3) is 5.41. The molecule has 0 fully saturated rings. The molecule has 0 atom stereocenters. The van der Waals surface area contributed by atoms with E-state index in [1.54, 1.807) is 42.5 Å². The van der Waals surface area contributed by atoms with Crippen molar-refractivity contribution in [2.24, 2.45) is 5.73 Å². The molecule has 1 heterocycles. The first-order valence-electron chi connectivity index (χ1n) is 10.6. The van der Waals surface area contributed by atoms with Gasteiger partial charge in [0, 0.05) is 16.5 Å². The molecule has 172 valence electrons. The number of benzene rings is 3. The number of aromatic nitrogens is 1. The number of rotatable bonds is 9. The molecule has 4 aromatic rings. The van der Waals surface area contributed by atoms with Gasteiger partial charge in [0.1, 0.15) is 18.1 Å². The maximum absolute atomic E-state index is 12.8. The number of amides is 2. The van der Waals surface area contributed by atoms with Crippen molar-refractivity contribution in [3.8, 4) is 22.8 Å². The fourth-order valence-corrected chi connectivity index (χ4v) is 4.05. The molecule has 0 aliphatic rings. The van der Waals surface area contributed by atoms with Crippen molar-refractivity contribution in [3.63, 3.8) is 0 Å². The Morgan fingerprint density at radius 2 is 1.74 bits per heavy atom. The molecule has 8 heteroatoms. The zero-order valence-corrected chi connectivity index (χ0v) is 19.3. The third-order valence-electron chi connectivity index (χ3n) is 4.92. The Kier molecular flexibility index (Phi) is 7.19. The molecule has 3 aromatic carbocycles. The van der Waals surface area contributed by atoms with Gasteiger partial charge in [-0.2, -0.15) is 0 Å². The maximum Gasteiger partial charge on any atom is 0.257 e. The minimum absolute atomic E-state index is 0.182. The van der Waals surface area contributed by atoms with Crippen LogP contribution in [0.2, 0.25) is 0 Å². The van der Waals surface area contributed by atoms with E-state index in [0.717, 1.165) is 22.6 Å². The van der Waals surface area contributed by atoms with Crippen LogP contribution in [-0.2, 0) is 6.61 Å². The molecule has 0 radical (unpaired) electrons. The lowest BCUT2D eigenvalue weighted by atomic mass is 10.1. The van der Waals surface area contributed by atoms with Gasteiger partial charge in [-0.05, 0) is 48.9 Å². The highest BCUT2D eigenvalue weighted by Gasteiger charge is 2.14. The van der Waals surface area contributed by atoms with Gasteiger partial charge in [-0.25, -0.2) is 4.98 Å². The summed E-state index contributed by atoms with van der Waals surface area (Å²) in [6.07, 6.45) is 0. The monoisotopic (exact) mass is 473 g/mol. The van der Waals surface area contributed by atoms with Crippen molar-refractivity contribution in [2.75, 3.05) is 11.9 Å². The summed E-state index contributed by atoms with van der Waals surface area (Å²) >= 11 is 1.34. The van der Waals surface area contributed by atoms with Gasteiger partial charge in [0.2, 0.25) is 0 Å². The van der Waals surface area contributed by atoms with E-state index in [9.17, 15) is 9.59 Å². The quantitative estimate of drug-likeness (QED) is 0.350. The first-order chi connectivity index (χ1) is 16.5. The van der Waals surface area contributed by atoms with Gasteiger partial charge in [0.05, 0.1) is 17.9 Å². The van der Waals surface area contributed by atoms with E-state index in [1.807, 2.05) is 42.6 Å². The SMILES string of the molecule is CCOc1ccccc1-c1csc(NC(=O)c2cccc(COc3ccccc3C(N)=O)c2)n1. The molecular weight excluding hydrogens is 450 g/mol. The second-order valence-corrected chi connectivity index (χ2v) is 8.13. The van der Waals surface area contributed by atoms with Crippen LogP contribution in [0.25, 0.3) is 11.3 Å². The van der Waals surface area contributed by atoms with E-state index < -0.39 is 5.91 Å². The summed E-state index contributed by atoms with van der Waals surface area (Å²) in [5.74, 6) is 0.306. The molecule has 3 N–H and O–H groups in total. The average Bonchev–Trinajstić information content (AvgIpc) is 3.32. The average molecular weight is 474 g/mol. The van der Waals surface area contributed by atoms with E-state index >= 15 is 0 Å². The van der Waals surface area contributed by atoms with Crippen LogP contribution in [-0.4, -0.2) is 23.4 Å². The summed E-state index contributed by atoms with van der Waals surface area (Å²) < 4.78 is 11.4. The Bertz CT molecular complexity index is 1320. The second kappa shape index (κ2) is 10.6. The second-order valence-electron chi connectivity index (χ2n) is 7.27. The number of thiazole rings is 1. The number of nitrogens with two attached hydrogens (primary N) is 1. The van der Waals surface area contributed by atoms with Gasteiger partial charge in [0.25, 0.3) is 11.8 Å². The number of para-hydroxylation sites is 2. The number of carbonyl (C=O) groups excluding carboxylic acids is 2. The molecule has 0 bridgehead atoms. The van der Waals surface area contributed by atoms with Crippen LogP contribution in [0.5, 0.6) is 11.5 Å².